The predicted octanol–water partition coefficient (Wildman–Crippen LogP) is -0.677. The van der Waals surface area contributed by atoms with E-state index in [4.69, 9.17) is 0 Å². The van der Waals surface area contributed by atoms with Crippen molar-refractivity contribution in [3.8, 4) is 0 Å². The van der Waals surface area contributed by atoms with E-state index in [-0.39, 0.29) is 64.5 Å². The van der Waals surface area contributed by atoms with Gasteiger partial charge in [0, 0.05) is 5.97 Å². The van der Waals surface area contributed by atoms with E-state index in [2.05, 4.69) is 20.8 Å². The molecule has 4 saturated carbocycles. The molecule has 30 heavy (non-hydrogen) atoms. The van der Waals surface area contributed by atoms with Crippen LogP contribution >= 0.6 is 0 Å². The van der Waals surface area contributed by atoms with Gasteiger partial charge in [0.05, 0.1) is 12.2 Å². The zero-order chi connectivity index (χ0) is 20.3. The van der Waals surface area contributed by atoms with Crippen molar-refractivity contribution in [2.45, 2.75) is 97.2 Å². The number of aliphatic hydroxyl groups excluding tert-OH is 2. The summed E-state index contributed by atoms with van der Waals surface area (Å²) in [6.45, 7) is 6.94. The molecule has 0 aliphatic heterocycles. The third-order valence-corrected chi connectivity index (χ3v) is 10.3. The van der Waals surface area contributed by atoms with E-state index in [1.54, 1.807) is 0 Å². The second kappa shape index (κ2) is 9.69. The molecule has 3 unspecified atom stereocenters. The largest absolute Gasteiger partial charge is 1.00 e. The van der Waals surface area contributed by atoms with Gasteiger partial charge in [-0.25, -0.2) is 0 Å². The molecule has 0 aromatic heterocycles. The van der Waals surface area contributed by atoms with E-state index in [9.17, 15) is 20.1 Å². The van der Waals surface area contributed by atoms with Crippen LogP contribution in [-0.2, 0) is 4.79 Å². The number of carboxylic acid groups (broad SMARTS) is 1. The fourth-order valence-corrected chi connectivity index (χ4v) is 8.71. The summed E-state index contributed by atoms with van der Waals surface area (Å²) < 4.78 is 0. The molecule has 0 aromatic rings. The van der Waals surface area contributed by atoms with Crippen LogP contribution in [0.25, 0.3) is 0 Å². The Morgan fingerprint density at radius 2 is 1.77 bits per heavy atom. The van der Waals surface area contributed by atoms with Gasteiger partial charge in [0.1, 0.15) is 0 Å². The van der Waals surface area contributed by atoms with Crippen molar-refractivity contribution in [2.24, 2.45) is 46.3 Å². The molecule has 168 valence electrons. The summed E-state index contributed by atoms with van der Waals surface area (Å²) in [6.07, 6.45) is 8.98. The molecule has 0 aromatic carbocycles. The van der Waals surface area contributed by atoms with Crippen molar-refractivity contribution in [1.82, 2.24) is 0 Å². The van der Waals surface area contributed by atoms with Crippen LogP contribution in [0.3, 0.4) is 0 Å². The summed E-state index contributed by atoms with van der Waals surface area (Å²) in [7, 11) is 0. The molecule has 4 fully saturated rings. The molecular formula is C24H41NaO5. The minimum Gasteiger partial charge on any atom is -0.550 e. The maximum absolute atomic E-state index is 11.5. The number of carboxylic acids is 1. The Kier molecular flexibility index (Phi) is 8.59. The molecular weight excluding hydrogens is 391 g/mol. The molecule has 0 radical (unpaired) electrons. The monoisotopic (exact) mass is 432 g/mol. The standard InChI is InChI=1S/C24H40O4.Na.H2O/c1-14(4-9-22(27)28)18-7-8-19-17-6-5-15-12-16(25)10-11-23(15,2)20(17)13-21(26)24(18,19)3;;/h14-21,25-26H,4-13H2,1-3H3,(H,27,28);;1H2/q;+1;/p-1/t14-,15-,16-,17?,18-,19?,20?,21+,23+,24-;;/m1../s1. The Morgan fingerprint density at radius 1 is 1.07 bits per heavy atom. The molecule has 6 heteroatoms. The molecule has 10 atom stereocenters. The first-order valence-corrected chi connectivity index (χ1v) is 11.7. The number of aliphatic carboxylic acids is 1. The molecule has 0 amide bonds. The summed E-state index contributed by atoms with van der Waals surface area (Å²) in [5.41, 5.74) is 0.188. The molecule has 0 saturated heterocycles. The first kappa shape index (κ1) is 26.6. The van der Waals surface area contributed by atoms with Crippen LogP contribution in [0.5, 0.6) is 0 Å². The van der Waals surface area contributed by atoms with Crippen molar-refractivity contribution in [3.63, 3.8) is 0 Å². The van der Waals surface area contributed by atoms with Gasteiger partial charge in [-0.05, 0) is 111 Å². The van der Waals surface area contributed by atoms with Crippen molar-refractivity contribution in [1.29, 1.82) is 0 Å². The number of hydrogen-bond acceptors (Lipinski definition) is 4. The van der Waals surface area contributed by atoms with Crippen LogP contribution in [0.15, 0.2) is 0 Å². The van der Waals surface area contributed by atoms with Gasteiger partial charge in [-0.2, -0.15) is 0 Å². The predicted molar refractivity (Wildman–Crippen MR) is 110 cm³/mol. The number of carbonyl (C=O) groups is 1. The minimum atomic E-state index is -0.957. The second-order valence-electron chi connectivity index (χ2n) is 11.3. The maximum atomic E-state index is 11.5. The molecule has 4 aliphatic rings. The first-order valence-electron chi connectivity index (χ1n) is 11.7. The normalized spacial score (nSPS) is 48.2. The number of carbonyl (C=O) groups excluding carboxylic acids is 1. The van der Waals surface area contributed by atoms with Gasteiger partial charge >= 0.3 is 29.6 Å². The van der Waals surface area contributed by atoms with Crippen LogP contribution in [-0.4, -0.2) is 33.9 Å². The fraction of sp³-hybridized carbons (Fsp3) is 0.958. The number of fused-ring (bicyclic) bond motifs is 5. The summed E-state index contributed by atoms with van der Waals surface area (Å²) in [4.78, 5) is 10.9. The van der Waals surface area contributed by atoms with Crippen molar-refractivity contribution in [2.75, 3.05) is 0 Å². The Bertz CT molecular complexity index is 614. The van der Waals surface area contributed by atoms with Crippen LogP contribution in [0.2, 0.25) is 0 Å². The number of aliphatic hydroxyl groups is 2. The molecule has 4 rings (SSSR count). The zero-order valence-corrected chi connectivity index (χ0v) is 21.4. The van der Waals surface area contributed by atoms with Gasteiger partial charge < -0.3 is 25.6 Å². The quantitative estimate of drug-likeness (QED) is 0.574. The van der Waals surface area contributed by atoms with Crippen LogP contribution in [0.1, 0.15) is 85.0 Å². The average Bonchev–Trinajstić information content (AvgIpc) is 3.00. The van der Waals surface area contributed by atoms with Crippen molar-refractivity contribution >= 4 is 5.97 Å². The number of hydrogen-bond donors (Lipinski definition) is 2. The van der Waals surface area contributed by atoms with E-state index in [1.165, 1.54) is 19.3 Å². The third kappa shape index (κ3) is 4.17. The maximum Gasteiger partial charge on any atom is 1.00 e. The van der Waals surface area contributed by atoms with Gasteiger partial charge in [0.25, 0.3) is 0 Å². The Labute approximate surface area is 204 Å². The third-order valence-electron chi connectivity index (χ3n) is 10.3. The van der Waals surface area contributed by atoms with Gasteiger partial charge in [0.2, 0.25) is 0 Å². The Morgan fingerprint density at radius 3 is 2.43 bits per heavy atom. The zero-order valence-electron chi connectivity index (χ0n) is 19.4. The summed E-state index contributed by atoms with van der Waals surface area (Å²) >= 11 is 0. The van der Waals surface area contributed by atoms with Gasteiger partial charge in [-0.1, -0.05) is 20.8 Å². The van der Waals surface area contributed by atoms with E-state index in [0.29, 0.717) is 41.9 Å². The molecule has 4 N–H and O–H groups in total. The molecule has 4 aliphatic carbocycles. The first-order chi connectivity index (χ1) is 13.2. The minimum absolute atomic E-state index is 0. The van der Waals surface area contributed by atoms with Crippen molar-refractivity contribution in [3.05, 3.63) is 0 Å². The molecule has 0 heterocycles. The van der Waals surface area contributed by atoms with Crippen LogP contribution < -0.4 is 34.7 Å². The van der Waals surface area contributed by atoms with Crippen LogP contribution in [0.4, 0.5) is 0 Å². The molecule has 5 nitrogen and oxygen atoms in total. The Hall–Kier alpha value is 0.350. The van der Waals surface area contributed by atoms with E-state index >= 15 is 0 Å². The van der Waals surface area contributed by atoms with Crippen molar-refractivity contribution < 1.29 is 55.1 Å². The van der Waals surface area contributed by atoms with Gasteiger partial charge in [0.15, 0.2) is 0 Å². The van der Waals surface area contributed by atoms with Crippen LogP contribution in [0, 0.1) is 46.3 Å². The SMILES string of the molecule is C[C@H](CCC(=O)[O-])[C@H]1CCC2C3CC[C@@H]4C[C@H](O)CC[C@]4(C)C3C[C@H](O)[C@@]21C.O.[Na+]. The second-order valence-corrected chi connectivity index (χ2v) is 11.3. The smallest absolute Gasteiger partial charge is 0.550 e. The van der Waals surface area contributed by atoms with E-state index in [0.717, 1.165) is 32.1 Å². The van der Waals surface area contributed by atoms with Gasteiger partial charge in [-0.3, -0.25) is 0 Å². The number of rotatable bonds is 4. The Balaban J connectivity index is 0.00000160. The summed E-state index contributed by atoms with van der Waals surface area (Å²) in [5.74, 6) is 2.19. The average molecular weight is 433 g/mol. The summed E-state index contributed by atoms with van der Waals surface area (Å²) in [6, 6.07) is 0. The van der Waals surface area contributed by atoms with Gasteiger partial charge in [-0.15, -0.1) is 0 Å². The van der Waals surface area contributed by atoms with E-state index < -0.39 is 5.97 Å². The fourth-order valence-electron chi connectivity index (χ4n) is 8.71. The molecule has 0 spiro atoms. The van der Waals surface area contributed by atoms with E-state index in [1.807, 2.05) is 0 Å². The topological polar surface area (TPSA) is 112 Å². The molecule has 0 bridgehead atoms. The summed E-state index contributed by atoms with van der Waals surface area (Å²) in [5, 5.41) is 32.6.